The molecule has 1 aliphatic rings. The lowest BCUT2D eigenvalue weighted by atomic mass is 9.71. The number of carbonyl (C=O) groups is 1. The molecule has 0 aromatic heterocycles. The van der Waals surface area contributed by atoms with Crippen molar-refractivity contribution in [3.63, 3.8) is 0 Å². The lowest BCUT2D eigenvalue weighted by Gasteiger charge is -2.37. The van der Waals surface area contributed by atoms with Crippen LogP contribution in [0.5, 0.6) is 11.5 Å². The van der Waals surface area contributed by atoms with Crippen LogP contribution in [0.25, 0.3) is 0 Å². The van der Waals surface area contributed by atoms with Crippen molar-refractivity contribution in [3.8, 4) is 11.5 Å². The summed E-state index contributed by atoms with van der Waals surface area (Å²) in [6.45, 7) is 16.3. The van der Waals surface area contributed by atoms with Crippen LogP contribution in [0.2, 0.25) is 0 Å². The molecular weight excluding hydrogens is 436 g/mol. The van der Waals surface area contributed by atoms with Gasteiger partial charge in [-0.25, -0.2) is 4.79 Å². The van der Waals surface area contributed by atoms with Crippen LogP contribution in [0.1, 0.15) is 68.2 Å². The first-order valence-corrected chi connectivity index (χ1v) is 12.3. The Labute approximate surface area is 212 Å². The third kappa shape index (κ3) is 9.28. The quantitative estimate of drug-likeness (QED) is 0.216. The van der Waals surface area contributed by atoms with Gasteiger partial charge in [0.1, 0.15) is 23.2 Å². The van der Waals surface area contributed by atoms with Crippen LogP contribution >= 0.6 is 0 Å². The van der Waals surface area contributed by atoms with Crippen molar-refractivity contribution in [3.05, 3.63) is 83.0 Å². The minimum Gasteiger partial charge on any atom is -0.497 e. The number of hydrogen-bond acceptors (Lipinski definition) is 4. The van der Waals surface area contributed by atoms with Gasteiger partial charge in [0, 0.05) is 6.08 Å². The fraction of sp³-hybridized carbons (Fsp3) is 0.452. The highest BCUT2D eigenvalue weighted by molar-refractivity contribution is 5.83. The van der Waals surface area contributed by atoms with Crippen molar-refractivity contribution in [1.29, 1.82) is 0 Å². The SMILES string of the molecule is COc1ccc(OC2CCC(C)(C)C(/C=C/C(C)=C/C=C/C(C)=C/C(=O)OC(C)(C)C)=C2C)cc1. The Balaban J connectivity index is 2.12. The van der Waals surface area contributed by atoms with Gasteiger partial charge in [0.25, 0.3) is 0 Å². The molecule has 1 atom stereocenters. The average molecular weight is 479 g/mol. The van der Waals surface area contributed by atoms with E-state index in [-0.39, 0.29) is 17.5 Å². The summed E-state index contributed by atoms with van der Waals surface area (Å²) in [5, 5.41) is 0. The van der Waals surface area contributed by atoms with E-state index in [2.05, 4.69) is 39.8 Å². The fourth-order valence-corrected chi connectivity index (χ4v) is 4.06. The lowest BCUT2D eigenvalue weighted by Crippen LogP contribution is -2.30. The minimum absolute atomic E-state index is 0.0564. The van der Waals surface area contributed by atoms with E-state index in [4.69, 9.17) is 14.2 Å². The van der Waals surface area contributed by atoms with Crippen LogP contribution in [-0.4, -0.2) is 24.8 Å². The third-order valence-electron chi connectivity index (χ3n) is 5.99. The molecule has 190 valence electrons. The van der Waals surface area contributed by atoms with Crippen LogP contribution < -0.4 is 9.47 Å². The summed E-state index contributed by atoms with van der Waals surface area (Å²) < 4.78 is 16.9. The molecule has 0 saturated heterocycles. The monoisotopic (exact) mass is 478 g/mol. The number of esters is 1. The average Bonchev–Trinajstić information content (AvgIpc) is 2.74. The smallest absolute Gasteiger partial charge is 0.331 e. The van der Waals surface area contributed by atoms with E-state index in [0.717, 1.165) is 35.5 Å². The molecule has 4 nitrogen and oxygen atoms in total. The molecule has 0 amide bonds. The van der Waals surface area contributed by atoms with Crippen molar-refractivity contribution in [2.24, 2.45) is 5.41 Å². The van der Waals surface area contributed by atoms with Gasteiger partial charge in [0.15, 0.2) is 0 Å². The molecule has 0 saturated carbocycles. The van der Waals surface area contributed by atoms with Crippen LogP contribution in [0, 0.1) is 5.41 Å². The molecule has 4 heteroatoms. The molecule has 0 bridgehead atoms. The molecule has 1 aliphatic carbocycles. The topological polar surface area (TPSA) is 44.8 Å². The van der Waals surface area contributed by atoms with Crippen LogP contribution in [0.4, 0.5) is 0 Å². The van der Waals surface area contributed by atoms with Gasteiger partial charge in [-0.3, -0.25) is 0 Å². The first kappa shape index (κ1) is 28.2. The van der Waals surface area contributed by atoms with Gasteiger partial charge in [-0.2, -0.15) is 0 Å². The predicted molar refractivity (Wildman–Crippen MR) is 145 cm³/mol. The lowest BCUT2D eigenvalue weighted by molar-refractivity contribution is -0.148. The molecular formula is C31H42O4. The van der Waals surface area contributed by atoms with Gasteiger partial charge >= 0.3 is 5.97 Å². The van der Waals surface area contributed by atoms with E-state index in [9.17, 15) is 4.79 Å². The van der Waals surface area contributed by atoms with E-state index in [0.29, 0.717) is 0 Å². The van der Waals surface area contributed by atoms with Crippen LogP contribution in [-0.2, 0) is 9.53 Å². The Morgan fingerprint density at radius 1 is 1.03 bits per heavy atom. The van der Waals surface area contributed by atoms with E-state index in [1.54, 1.807) is 7.11 Å². The zero-order chi connectivity index (χ0) is 26.2. The number of benzene rings is 1. The fourth-order valence-electron chi connectivity index (χ4n) is 4.06. The van der Waals surface area contributed by atoms with Gasteiger partial charge in [-0.05, 0) is 101 Å². The number of hydrogen-bond donors (Lipinski definition) is 0. The Morgan fingerprint density at radius 2 is 1.66 bits per heavy atom. The first-order valence-electron chi connectivity index (χ1n) is 12.3. The number of carbonyl (C=O) groups excluding carboxylic acids is 1. The number of rotatable bonds is 8. The highest BCUT2D eigenvalue weighted by atomic mass is 16.6. The van der Waals surface area contributed by atoms with Crippen molar-refractivity contribution in [1.82, 2.24) is 0 Å². The molecule has 0 heterocycles. The second kappa shape index (κ2) is 12.1. The maximum atomic E-state index is 11.9. The summed E-state index contributed by atoms with van der Waals surface area (Å²) >= 11 is 0. The van der Waals surface area contributed by atoms with E-state index < -0.39 is 5.60 Å². The van der Waals surface area contributed by atoms with Gasteiger partial charge in [-0.15, -0.1) is 0 Å². The Bertz CT molecular complexity index is 1020. The molecule has 1 aromatic rings. The molecule has 0 N–H and O–H groups in total. The molecule has 35 heavy (non-hydrogen) atoms. The van der Waals surface area contributed by atoms with Crippen molar-refractivity contribution in [2.45, 2.75) is 79.9 Å². The summed E-state index contributed by atoms with van der Waals surface area (Å²) in [7, 11) is 1.67. The van der Waals surface area contributed by atoms with Crippen LogP contribution in [0.15, 0.2) is 83.0 Å². The van der Waals surface area contributed by atoms with Gasteiger partial charge < -0.3 is 14.2 Å². The third-order valence-corrected chi connectivity index (χ3v) is 5.99. The predicted octanol–water partition coefficient (Wildman–Crippen LogP) is 7.93. The maximum Gasteiger partial charge on any atom is 0.331 e. The zero-order valence-corrected chi connectivity index (χ0v) is 22.9. The standard InChI is InChI=1S/C31H42O4/c1-22(11-10-12-23(2)21-29(32)35-30(4,5)6)13-18-27-24(3)28(19-20-31(27,7)8)34-26-16-14-25(33-9)15-17-26/h10-18,21,28H,19-20H2,1-9H3/b12-10+,18-13+,22-11+,23-21+. The van der Waals surface area contributed by atoms with Gasteiger partial charge in [0.05, 0.1) is 7.11 Å². The Kier molecular flexibility index (Phi) is 9.76. The van der Waals surface area contributed by atoms with Crippen molar-refractivity contribution < 1.29 is 19.0 Å². The largest absolute Gasteiger partial charge is 0.497 e. The zero-order valence-electron chi connectivity index (χ0n) is 22.9. The van der Waals surface area contributed by atoms with Crippen molar-refractivity contribution >= 4 is 5.97 Å². The highest BCUT2D eigenvalue weighted by Crippen LogP contribution is 2.42. The number of ether oxygens (including phenoxy) is 3. The highest BCUT2D eigenvalue weighted by Gasteiger charge is 2.32. The van der Waals surface area contributed by atoms with Crippen molar-refractivity contribution in [2.75, 3.05) is 7.11 Å². The molecule has 0 aliphatic heterocycles. The second-order valence-corrected chi connectivity index (χ2v) is 10.8. The van der Waals surface area contributed by atoms with Gasteiger partial charge in [-0.1, -0.05) is 49.8 Å². The normalized spacial score (nSPS) is 19.4. The summed E-state index contributed by atoms with van der Waals surface area (Å²) in [4.78, 5) is 11.9. The molecule has 2 rings (SSSR count). The van der Waals surface area contributed by atoms with Crippen LogP contribution in [0.3, 0.4) is 0 Å². The number of methoxy groups -OCH3 is 1. The molecule has 0 radical (unpaired) electrons. The first-order chi connectivity index (χ1) is 16.3. The van der Waals surface area contributed by atoms with Gasteiger partial charge in [0.2, 0.25) is 0 Å². The second-order valence-electron chi connectivity index (χ2n) is 10.8. The molecule has 0 fully saturated rings. The summed E-state index contributed by atoms with van der Waals surface area (Å²) in [6, 6.07) is 7.77. The minimum atomic E-state index is -0.489. The summed E-state index contributed by atoms with van der Waals surface area (Å²) in [5.41, 5.74) is 4.16. The molecule has 1 aromatic carbocycles. The Hall–Kier alpha value is -3.01. The maximum absolute atomic E-state index is 11.9. The molecule has 0 spiro atoms. The summed E-state index contributed by atoms with van der Waals surface area (Å²) in [6.07, 6.45) is 13.9. The summed E-state index contributed by atoms with van der Waals surface area (Å²) in [5.74, 6) is 1.35. The van der Waals surface area contributed by atoms with E-state index >= 15 is 0 Å². The molecule has 1 unspecified atom stereocenters. The van der Waals surface area contributed by atoms with E-state index in [1.807, 2.05) is 70.2 Å². The Morgan fingerprint density at radius 3 is 2.26 bits per heavy atom. The number of allylic oxidation sites excluding steroid dienone is 8. The van der Waals surface area contributed by atoms with E-state index in [1.165, 1.54) is 17.2 Å².